The summed E-state index contributed by atoms with van der Waals surface area (Å²) < 4.78 is 18.7. The smallest absolute Gasteiger partial charge is 0.230 e. The van der Waals surface area contributed by atoms with Crippen molar-refractivity contribution in [3.8, 4) is 0 Å². The standard InChI is InChI=1S/C20H22FNO2/c1-14-5-3-4-6-17(14)18(24-2)13-22-19(23)20(11-12-20)15-7-9-16(21)10-8-15/h3-10,18H,11-13H2,1-2H3,(H,22,23). The second-order valence-corrected chi connectivity index (χ2v) is 6.38. The van der Waals surface area contributed by atoms with Crippen LogP contribution in [0.1, 0.15) is 35.6 Å². The van der Waals surface area contributed by atoms with Gasteiger partial charge in [0.05, 0.1) is 11.5 Å². The number of rotatable bonds is 6. The van der Waals surface area contributed by atoms with E-state index in [-0.39, 0.29) is 17.8 Å². The molecular formula is C20H22FNO2. The first-order valence-electron chi connectivity index (χ1n) is 8.19. The van der Waals surface area contributed by atoms with Gasteiger partial charge in [0.1, 0.15) is 5.82 Å². The molecule has 3 nitrogen and oxygen atoms in total. The third-order valence-corrected chi connectivity index (χ3v) is 4.85. The first-order valence-corrected chi connectivity index (χ1v) is 8.19. The first kappa shape index (κ1) is 16.7. The van der Waals surface area contributed by atoms with Crippen LogP contribution < -0.4 is 5.32 Å². The third kappa shape index (κ3) is 3.20. The highest BCUT2D eigenvalue weighted by atomic mass is 19.1. The topological polar surface area (TPSA) is 38.3 Å². The zero-order valence-electron chi connectivity index (χ0n) is 14.0. The second kappa shape index (κ2) is 6.73. The van der Waals surface area contributed by atoms with Crippen LogP contribution in [0.5, 0.6) is 0 Å². The zero-order valence-corrected chi connectivity index (χ0v) is 14.0. The van der Waals surface area contributed by atoms with Gasteiger partial charge in [-0.05, 0) is 48.6 Å². The minimum atomic E-state index is -0.502. The molecule has 0 aliphatic heterocycles. The molecule has 0 aromatic heterocycles. The number of hydrogen-bond donors (Lipinski definition) is 1. The summed E-state index contributed by atoms with van der Waals surface area (Å²) in [7, 11) is 1.65. The lowest BCUT2D eigenvalue weighted by molar-refractivity contribution is -0.124. The van der Waals surface area contributed by atoms with Gasteiger partial charge in [0.2, 0.25) is 5.91 Å². The molecule has 1 unspecified atom stereocenters. The Morgan fingerprint density at radius 2 is 1.88 bits per heavy atom. The summed E-state index contributed by atoms with van der Waals surface area (Å²) in [6.45, 7) is 2.45. The minimum absolute atomic E-state index is 0.00950. The van der Waals surface area contributed by atoms with Crippen LogP contribution in [0.25, 0.3) is 0 Å². The molecule has 0 spiro atoms. The highest BCUT2D eigenvalue weighted by Crippen LogP contribution is 2.48. The fraction of sp³-hybridized carbons (Fsp3) is 0.350. The van der Waals surface area contributed by atoms with Crippen LogP contribution in [0.4, 0.5) is 4.39 Å². The third-order valence-electron chi connectivity index (χ3n) is 4.85. The van der Waals surface area contributed by atoms with Gasteiger partial charge in [-0.15, -0.1) is 0 Å². The SMILES string of the molecule is COC(CNC(=O)C1(c2ccc(F)cc2)CC1)c1ccccc1C. The molecule has 0 bridgehead atoms. The molecular weight excluding hydrogens is 305 g/mol. The predicted molar refractivity (Wildman–Crippen MR) is 91.3 cm³/mol. The van der Waals surface area contributed by atoms with Gasteiger partial charge < -0.3 is 10.1 Å². The molecule has 0 saturated heterocycles. The molecule has 1 amide bonds. The van der Waals surface area contributed by atoms with Crippen molar-refractivity contribution in [2.45, 2.75) is 31.3 Å². The Kier molecular flexibility index (Phi) is 4.67. The molecule has 1 aliphatic carbocycles. The number of amides is 1. The number of ether oxygens (including phenoxy) is 1. The van der Waals surface area contributed by atoms with Crippen LogP contribution in [0.3, 0.4) is 0 Å². The van der Waals surface area contributed by atoms with E-state index < -0.39 is 5.41 Å². The zero-order chi connectivity index (χ0) is 17.2. The van der Waals surface area contributed by atoms with E-state index in [0.717, 1.165) is 29.5 Å². The lowest BCUT2D eigenvalue weighted by Crippen LogP contribution is -2.37. The average Bonchev–Trinajstić information content (AvgIpc) is 3.39. The van der Waals surface area contributed by atoms with Crippen LogP contribution in [0, 0.1) is 12.7 Å². The van der Waals surface area contributed by atoms with E-state index >= 15 is 0 Å². The fourth-order valence-corrected chi connectivity index (χ4v) is 3.16. The summed E-state index contributed by atoms with van der Waals surface area (Å²) in [4.78, 5) is 12.7. The molecule has 4 heteroatoms. The molecule has 1 fully saturated rings. The monoisotopic (exact) mass is 327 g/mol. The van der Waals surface area contributed by atoms with Crippen molar-refractivity contribution >= 4 is 5.91 Å². The van der Waals surface area contributed by atoms with Gasteiger partial charge in [0, 0.05) is 13.7 Å². The molecule has 1 N–H and O–H groups in total. The first-order chi connectivity index (χ1) is 11.6. The van der Waals surface area contributed by atoms with Crippen molar-refractivity contribution in [2.24, 2.45) is 0 Å². The number of methoxy groups -OCH3 is 1. The van der Waals surface area contributed by atoms with Crippen LogP contribution in [-0.4, -0.2) is 19.6 Å². The average molecular weight is 327 g/mol. The van der Waals surface area contributed by atoms with Crippen molar-refractivity contribution in [3.63, 3.8) is 0 Å². The molecule has 24 heavy (non-hydrogen) atoms. The maximum Gasteiger partial charge on any atom is 0.230 e. The van der Waals surface area contributed by atoms with Crippen LogP contribution in [0.15, 0.2) is 48.5 Å². The molecule has 3 rings (SSSR count). The van der Waals surface area contributed by atoms with Crippen molar-refractivity contribution in [3.05, 3.63) is 71.0 Å². The molecule has 1 atom stereocenters. The Morgan fingerprint density at radius 1 is 1.21 bits per heavy atom. The minimum Gasteiger partial charge on any atom is -0.375 e. The van der Waals surface area contributed by atoms with Gasteiger partial charge in [-0.25, -0.2) is 4.39 Å². The summed E-state index contributed by atoms with van der Waals surface area (Å²) in [5.41, 5.74) is 2.59. The van der Waals surface area contributed by atoms with E-state index in [9.17, 15) is 9.18 Å². The lowest BCUT2D eigenvalue weighted by atomic mass is 9.94. The number of hydrogen-bond acceptors (Lipinski definition) is 2. The molecule has 2 aromatic carbocycles. The maximum absolute atomic E-state index is 13.1. The number of benzene rings is 2. The Labute approximate surface area is 141 Å². The van der Waals surface area contributed by atoms with E-state index in [4.69, 9.17) is 4.74 Å². The number of carbonyl (C=O) groups excluding carboxylic acids is 1. The molecule has 0 radical (unpaired) electrons. The van der Waals surface area contributed by atoms with E-state index in [0.29, 0.717) is 6.54 Å². The van der Waals surface area contributed by atoms with E-state index in [1.165, 1.54) is 12.1 Å². The van der Waals surface area contributed by atoms with Crippen molar-refractivity contribution < 1.29 is 13.9 Å². The predicted octanol–water partition coefficient (Wildman–Crippen LogP) is 3.67. The van der Waals surface area contributed by atoms with Gasteiger partial charge in [0.15, 0.2) is 0 Å². The summed E-state index contributed by atoms with van der Waals surface area (Å²) in [6, 6.07) is 14.2. The Balaban J connectivity index is 1.68. The summed E-state index contributed by atoms with van der Waals surface area (Å²) >= 11 is 0. The fourth-order valence-electron chi connectivity index (χ4n) is 3.16. The van der Waals surface area contributed by atoms with Crippen LogP contribution >= 0.6 is 0 Å². The van der Waals surface area contributed by atoms with Crippen LogP contribution in [-0.2, 0) is 14.9 Å². The number of nitrogens with one attached hydrogen (secondary N) is 1. The summed E-state index contributed by atoms with van der Waals surface area (Å²) in [6.07, 6.45) is 1.41. The van der Waals surface area contributed by atoms with Gasteiger partial charge >= 0.3 is 0 Å². The van der Waals surface area contributed by atoms with Gasteiger partial charge in [-0.3, -0.25) is 4.79 Å². The maximum atomic E-state index is 13.1. The molecule has 0 heterocycles. The lowest BCUT2D eigenvalue weighted by Gasteiger charge is -2.21. The Hall–Kier alpha value is -2.20. The second-order valence-electron chi connectivity index (χ2n) is 6.38. The molecule has 126 valence electrons. The highest BCUT2D eigenvalue weighted by Gasteiger charge is 2.51. The normalized spacial score (nSPS) is 16.5. The van der Waals surface area contributed by atoms with Gasteiger partial charge in [-0.1, -0.05) is 36.4 Å². The quantitative estimate of drug-likeness (QED) is 0.879. The largest absolute Gasteiger partial charge is 0.375 e. The number of aryl methyl sites for hydroxylation is 1. The Morgan fingerprint density at radius 3 is 2.46 bits per heavy atom. The Bertz CT molecular complexity index is 723. The molecule has 2 aromatic rings. The number of halogens is 1. The van der Waals surface area contributed by atoms with Gasteiger partial charge in [-0.2, -0.15) is 0 Å². The van der Waals surface area contributed by atoms with E-state index in [1.54, 1.807) is 19.2 Å². The summed E-state index contributed by atoms with van der Waals surface area (Å²) in [5, 5.41) is 3.02. The molecule has 1 saturated carbocycles. The number of carbonyl (C=O) groups is 1. The van der Waals surface area contributed by atoms with Crippen molar-refractivity contribution in [2.75, 3.05) is 13.7 Å². The molecule has 1 aliphatic rings. The van der Waals surface area contributed by atoms with E-state index in [2.05, 4.69) is 5.32 Å². The van der Waals surface area contributed by atoms with Crippen molar-refractivity contribution in [1.82, 2.24) is 5.32 Å². The highest BCUT2D eigenvalue weighted by molar-refractivity contribution is 5.91. The summed E-state index contributed by atoms with van der Waals surface area (Å²) in [5.74, 6) is -0.293. The van der Waals surface area contributed by atoms with Gasteiger partial charge in [0.25, 0.3) is 0 Å². The van der Waals surface area contributed by atoms with Crippen LogP contribution in [0.2, 0.25) is 0 Å². The van der Waals surface area contributed by atoms with E-state index in [1.807, 2.05) is 31.2 Å². The van der Waals surface area contributed by atoms with Crippen molar-refractivity contribution in [1.29, 1.82) is 0 Å².